The van der Waals surface area contributed by atoms with Gasteiger partial charge in [0.1, 0.15) is 0 Å². The van der Waals surface area contributed by atoms with Gasteiger partial charge < -0.3 is 9.67 Å². The molecule has 0 saturated heterocycles. The Morgan fingerprint density at radius 1 is 0.931 bits per heavy atom. The number of fused-ring (bicyclic) bond motifs is 2. The van der Waals surface area contributed by atoms with Gasteiger partial charge in [0.15, 0.2) is 5.69 Å². The first-order chi connectivity index (χ1) is 14.2. The fraction of sp³-hybridized carbons (Fsp3) is 0.0455. The van der Waals surface area contributed by atoms with Crippen LogP contribution in [-0.2, 0) is 6.54 Å². The summed E-state index contributed by atoms with van der Waals surface area (Å²) >= 11 is 4.93. The van der Waals surface area contributed by atoms with Crippen molar-refractivity contribution in [3.8, 4) is 5.88 Å². The van der Waals surface area contributed by atoms with Crippen molar-refractivity contribution in [1.29, 1.82) is 0 Å². The maximum atomic E-state index is 10.9. The lowest BCUT2D eigenvalue weighted by Gasteiger charge is -2.07. The Morgan fingerprint density at radius 2 is 1.69 bits per heavy atom. The van der Waals surface area contributed by atoms with Gasteiger partial charge in [-0.3, -0.25) is 0 Å². The number of hydrogen-bond acceptors (Lipinski definition) is 5. The molecule has 0 fully saturated rings. The zero-order valence-electron chi connectivity index (χ0n) is 15.2. The van der Waals surface area contributed by atoms with E-state index >= 15 is 0 Å². The van der Waals surface area contributed by atoms with E-state index in [0.29, 0.717) is 17.4 Å². The molecular weight excluding hydrogens is 448 g/mol. The summed E-state index contributed by atoms with van der Waals surface area (Å²) in [4.78, 5) is 4.49. The minimum absolute atomic E-state index is 0.0963. The van der Waals surface area contributed by atoms with E-state index in [1.165, 1.54) is 11.3 Å². The second kappa shape index (κ2) is 7.42. The summed E-state index contributed by atoms with van der Waals surface area (Å²) < 4.78 is 3.93. The number of nitrogens with zero attached hydrogens (tertiary/aromatic N) is 4. The number of halogens is 1. The van der Waals surface area contributed by atoms with Crippen molar-refractivity contribution in [2.45, 2.75) is 6.54 Å². The predicted molar refractivity (Wildman–Crippen MR) is 121 cm³/mol. The molecule has 0 bridgehead atoms. The summed E-state index contributed by atoms with van der Waals surface area (Å²) in [6, 6.07) is 23.7. The van der Waals surface area contributed by atoms with Crippen LogP contribution in [0.4, 0.5) is 10.8 Å². The van der Waals surface area contributed by atoms with Gasteiger partial charge in [0, 0.05) is 9.86 Å². The number of aromatic hydroxyl groups is 1. The molecule has 0 saturated carbocycles. The monoisotopic (exact) mass is 462 g/mol. The molecule has 5 rings (SSSR count). The van der Waals surface area contributed by atoms with Crippen molar-refractivity contribution >= 4 is 59.2 Å². The number of hydrogen-bond donors (Lipinski definition) is 1. The Hall–Kier alpha value is -3.03. The molecule has 0 aliphatic heterocycles. The van der Waals surface area contributed by atoms with E-state index in [-0.39, 0.29) is 5.88 Å². The van der Waals surface area contributed by atoms with Crippen LogP contribution in [0.2, 0.25) is 0 Å². The lowest BCUT2D eigenvalue weighted by molar-refractivity contribution is 0.429. The van der Waals surface area contributed by atoms with E-state index in [0.717, 1.165) is 31.2 Å². The van der Waals surface area contributed by atoms with Gasteiger partial charge in [0.05, 0.1) is 22.3 Å². The molecule has 29 heavy (non-hydrogen) atoms. The topological polar surface area (TPSA) is 62.8 Å². The first-order valence-corrected chi connectivity index (χ1v) is 10.6. The average molecular weight is 463 g/mol. The first-order valence-electron chi connectivity index (χ1n) is 9.01. The fourth-order valence-corrected chi connectivity index (χ4v) is 4.35. The molecule has 0 spiro atoms. The average Bonchev–Trinajstić information content (AvgIpc) is 3.27. The number of rotatable bonds is 4. The highest BCUT2D eigenvalue weighted by Crippen LogP contribution is 2.40. The van der Waals surface area contributed by atoms with E-state index in [2.05, 4.69) is 31.1 Å². The fourth-order valence-electron chi connectivity index (χ4n) is 3.30. The van der Waals surface area contributed by atoms with Crippen molar-refractivity contribution in [3.63, 3.8) is 0 Å². The van der Waals surface area contributed by atoms with Crippen LogP contribution in [0.25, 0.3) is 21.1 Å². The number of benzene rings is 3. The highest BCUT2D eigenvalue weighted by molar-refractivity contribution is 9.10. The van der Waals surface area contributed by atoms with Crippen molar-refractivity contribution in [2.24, 2.45) is 10.2 Å². The smallest absolute Gasteiger partial charge is 0.231 e. The quantitative estimate of drug-likeness (QED) is 0.287. The van der Waals surface area contributed by atoms with Crippen LogP contribution in [0.3, 0.4) is 0 Å². The second-order valence-electron chi connectivity index (χ2n) is 6.57. The Labute approximate surface area is 179 Å². The molecule has 0 unspecified atom stereocenters. The third kappa shape index (κ3) is 3.43. The summed E-state index contributed by atoms with van der Waals surface area (Å²) in [6.07, 6.45) is 0. The molecular formula is C22H15BrN4OS. The third-order valence-electron chi connectivity index (χ3n) is 4.69. The van der Waals surface area contributed by atoms with Crippen LogP contribution in [-0.4, -0.2) is 14.7 Å². The number of thiazole rings is 1. The lowest BCUT2D eigenvalue weighted by atomic mass is 10.2. The molecule has 0 amide bonds. The highest BCUT2D eigenvalue weighted by atomic mass is 79.9. The largest absolute Gasteiger partial charge is 0.493 e. The predicted octanol–water partition coefficient (Wildman–Crippen LogP) is 7.18. The van der Waals surface area contributed by atoms with Gasteiger partial charge in [-0.2, -0.15) is 0 Å². The van der Waals surface area contributed by atoms with Crippen molar-refractivity contribution < 1.29 is 5.11 Å². The minimum Gasteiger partial charge on any atom is -0.493 e. The molecule has 2 aromatic heterocycles. The molecule has 3 aromatic carbocycles. The summed E-state index contributed by atoms with van der Waals surface area (Å²) in [7, 11) is 0. The maximum Gasteiger partial charge on any atom is 0.231 e. The van der Waals surface area contributed by atoms with Gasteiger partial charge in [0.2, 0.25) is 11.0 Å². The minimum atomic E-state index is 0.0963. The molecule has 5 nitrogen and oxygen atoms in total. The van der Waals surface area contributed by atoms with Crippen LogP contribution < -0.4 is 0 Å². The highest BCUT2D eigenvalue weighted by Gasteiger charge is 2.17. The second-order valence-corrected chi connectivity index (χ2v) is 8.49. The Balaban J connectivity index is 1.56. The number of para-hydroxylation sites is 2. The Morgan fingerprint density at radius 3 is 2.52 bits per heavy atom. The maximum absolute atomic E-state index is 10.9. The van der Waals surface area contributed by atoms with E-state index in [1.54, 1.807) is 0 Å². The normalized spacial score (nSPS) is 11.8. The first kappa shape index (κ1) is 18.0. The van der Waals surface area contributed by atoms with Crippen molar-refractivity contribution in [1.82, 2.24) is 9.55 Å². The lowest BCUT2D eigenvalue weighted by Crippen LogP contribution is -1.98. The van der Waals surface area contributed by atoms with Gasteiger partial charge in [-0.15, -0.1) is 10.2 Å². The molecule has 142 valence electrons. The SMILES string of the molecule is Oc1c(N=Nc2nc3ccccc3s2)c2ccccc2n1Cc1ccc(Br)cc1. The van der Waals surface area contributed by atoms with Crippen LogP contribution in [0.5, 0.6) is 5.88 Å². The van der Waals surface area contributed by atoms with Crippen molar-refractivity contribution in [3.05, 3.63) is 82.8 Å². The molecule has 0 aliphatic rings. The number of azo groups is 1. The zero-order chi connectivity index (χ0) is 19.8. The van der Waals surface area contributed by atoms with E-state index in [4.69, 9.17) is 0 Å². The molecule has 2 heterocycles. The number of aromatic nitrogens is 2. The van der Waals surface area contributed by atoms with Gasteiger partial charge in [-0.1, -0.05) is 69.7 Å². The standard InChI is InChI=1S/C22H15BrN4OS/c23-15-11-9-14(10-12-15)13-27-18-7-3-1-5-16(18)20(21(27)28)25-26-22-24-17-6-2-4-8-19(17)29-22/h1-12,28H,13H2. The Bertz CT molecular complexity index is 1320. The molecule has 1 N–H and O–H groups in total. The summed E-state index contributed by atoms with van der Waals surface area (Å²) in [6.45, 7) is 0.538. The van der Waals surface area contributed by atoms with E-state index < -0.39 is 0 Å². The molecule has 0 radical (unpaired) electrons. The summed E-state index contributed by atoms with van der Waals surface area (Å²) in [5.74, 6) is 0.0963. The summed E-state index contributed by atoms with van der Waals surface area (Å²) in [5.41, 5.74) is 3.34. The summed E-state index contributed by atoms with van der Waals surface area (Å²) in [5, 5.41) is 21.0. The molecule has 0 atom stereocenters. The van der Waals surface area contributed by atoms with Crippen LogP contribution in [0, 0.1) is 0 Å². The van der Waals surface area contributed by atoms with Gasteiger partial charge >= 0.3 is 0 Å². The van der Waals surface area contributed by atoms with Gasteiger partial charge in [-0.05, 0) is 35.9 Å². The van der Waals surface area contributed by atoms with Gasteiger partial charge in [-0.25, -0.2) is 4.98 Å². The van der Waals surface area contributed by atoms with E-state index in [1.807, 2.05) is 77.4 Å². The Kier molecular flexibility index (Phi) is 4.61. The van der Waals surface area contributed by atoms with Crippen molar-refractivity contribution in [2.75, 3.05) is 0 Å². The van der Waals surface area contributed by atoms with Crippen LogP contribution in [0.15, 0.2) is 87.5 Å². The van der Waals surface area contributed by atoms with Gasteiger partial charge in [0.25, 0.3) is 0 Å². The zero-order valence-corrected chi connectivity index (χ0v) is 17.6. The molecule has 5 aromatic rings. The third-order valence-corrected chi connectivity index (χ3v) is 6.14. The van der Waals surface area contributed by atoms with Crippen LogP contribution >= 0.6 is 27.3 Å². The molecule has 7 heteroatoms. The molecule has 0 aliphatic carbocycles. The van der Waals surface area contributed by atoms with Crippen LogP contribution in [0.1, 0.15) is 5.56 Å². The van der Waals surface area contributed by atoms with E-state index in [9.17, 15) is 5.11 Å².